The number of aliphatic hydroxyl groups is 1. The van der Waals surface area contributed by atoms with E-state index in [0.717, 1.165) is 12.8 Å². The largest absolute Gasteiger partial charge is 0.396 e. The summed E-state index contributed by atoms with van der Waals surface area (Å²) in [7, 11) is 0. The van der Waals surface area contributed by atoms with Crippen LogP contribution in [0.4, 0.5) is 0 Å². The Hall–Kier alpha value is -0.0400. The number of hydrogen-bond donors (Lipinski definition) is 1. The van der Waals surface area contributed by atoms with Gasteiger partial charge in [0.2, 0.25) is 0 Å². The molecule has 1 heteroatoms. The zero-order valence-electron chi connectivity index (χ0n) is 5.07. The summed E-state index contributed by atoms with van der Waals surface area (Å²) in [5.41, 5.74) is 0. The van der Waals surface area contributed by atoms with Crippen LogP contribution in [0.3, 0.4) is 0 Å². The van der Waals surface area contributed by atoms with Crippen LogP contribution in [0.25, 0.3) is 0 Å². The fourth-order valence-corrected chi connectivity index (χ4v) is 0.474. The molecule has 0 aliphatic heterocycles. The molecule has 1 radical (unpaired) electrons. The van der Waals surface area contributed by atoms with E-state index in [0.29, 0.717) is 0 Å². The summed E-state index contributed by atoms with van der Waals surface area (Å²) in [6, 6.07) is 0. The Morgan fingerprint density at radius 3 is 1.71 bits per heavy atom. The van der Waals surface area contributed by atoms with Gasteiger partial charge >= 0.3 is 0 Å². The average molecular weight is 101 g/mol. The molecule has 0 aromatic heterocycles. The van der Waals surface area contributed by atoms with Crippen molar-refractivity contribution >= 4 is 0 Å². The molecule has 1 N–H and O–H groups in total. The minimum Gasteiger partial charge on any atom is -0.396 e. The highest BCUT2D eigenvalue weighted by Gasteiger charge is 1.98. The fraction of sp³-hybridized carbons (Fsp3) is 0.833. The van der Waals surface area contributed by atoms with Gasteiger partial charge in [-0.15, -0.1) is 0 Å². The van der Waals surface area contributed by atoms with Gasteiger partial charge in [0.05, 0.1) is 0 Å². The Bertz CT molecular complexity index is 25.7. The van der Waals surface area contributed by atoms with Crippen molar-refractivity contribution in [3.8, 4) is 0 Å². The molecule has 0 rings (SSSR count). The maximum atomic E-state index is 8.49. The van der Waals surface area contributed by atoms with Gasteiger partial charge < -0.3 is 5.11 Å². The molecular weight excluding hydrogens is 88.1 g/mol. The second kappa shape index (κ2) is 4.13. The zero-order valence-corrected chi connectivity index (χ0v) is 5.07. The summed E-state index contributed by atoms with van der Waals surface area (Å²) in [5.74, 6) is 1.24. The molecule has 1 nitrogen and oxygen atoms in total. The van der Waals surface area contributed by atoms with Crippen LogP contribution in [0.15, 0.2) is 0 Å². The lowest BCUT2D eigenvalue weighted by molar-refractivity contribution is 0.298. The van der Waals surface area contributed by atoms with Crippen LogP contribution in [0.5, 0.6) is 0 Å². The van der Waals surface area contributed by atoms with Crippen LogP contribution in [0.2, 0.25) is 0 Å². The standard InChI is InChI=1S/C6H13O/c1-3-6(4-2)5-7/h7H,3-5H2,1-2H3. The molecule has 0 fully saturated rings. The Morgan fingerprint density at radius 1 is 1.29 bits per heavy atom. The van der Waals surface area contributed by atoms with Gasteiger partial charge in [-0.1, -0.05) is 13.8 Å². The second-order valence-electron chi connectivity index (χ2n) is 1.62. The molecule has 0 atom stereocenters. The van der Waals surface area contributed by atoms with Crippen molar-refractivity contribution in [1.29, 1.82) is 0 Å². The molecule has 0 amide bonds. The van der Waals surface area contributed by atoms with Gasteiger partial charge in [-0.2, -0.15) is 0 Å². The molecule has 0 heterocycles. The number of rotatable bonds is 3. The first-order chi connectivity index (χ1) is 3.35. The third-order valence-corrected chi connectivity index (χ3v) is 1.22. The van der Waals surface area contributed by atoms with Gasteiger partial charge in [-0.25, -0.2) is 0 Å². The van der Waals surface area contributed by atoms with Gasteiger partial charge in [0.1, 0.15) is 0 Å². The first-order valence-corrected chi connectivity index (χ1v) is 2.79. The molecule has 7 heavy (non-hydrogen) atoms. The molecule has 0 spiro atoms. The van der Waals surface area contributed by atoms with Crippen LogP contribution in [0.1, 0.15) is 26.7 Å². The van der Waals surface area contributed by atoms with Gasteiger partial charge in [-0.05, 0) is 12.8 Å². The van der Waals surface area contributed by atoms with Gasteiger partial charge in [-0.3, -0.25) is 0 Å². The van der Waals surface area contributed by atoms with Crippen LogP contribution in [-0.2, 0) is 0 Å². The van der Waals surface area contributed by atoms with Crippen molar-refractivity contribution < 1.29 is 5.11 Å². The predicted molar refractivity (Wildman–Crippen MR) is 30.9 cm³/mol. The van der Waals surface area contributed by atoms with E-state index in [1.807, 2.05) is 0 Å². The fourth-order valence-electron chi connectivity index (χ4n) is 0.474. The Labute approximate surface area is 45.4 Å². The van der Waals surface area contributed by atoms with E-state index in [4.69, 9.17) is 5.11 Å². The summed E-state index contributed by atoms with van der Waals surface area (Å²) in [6.45, 7) is 4.40. The van der Waals surface area contributed by atoms with Crippen LogP contribution < -0.4 is 0 Å². The Morgan fingerprint density at radius 2 is 1.71 bits per heavy atom. The van der Waals surface area contributed by atoms with E-state index in [-0.39, 0.29) is 6.61 Å². The summed E-state index contributed by atoms with van der Waals surface area (Å²) in [5, 5.41) is 8.49. The lowest BCUT2D eigenvalue weighted by atomic mass is 10.1. The minimum absolute atomic E-state index is 0.271. The molecule has 0 unspecified atom stereocenters. The zero-order chi connectivity index (χ0) is 5.70. The van der Waals surface area contributed by atoms with Crippen LogP contribution in [-0.4, -0.2) is 11.7 Å². The first-order valence-electron chi connectivity index (χ1n) is 2.79. The Balaban J connectivity index is 2.99. The van der Waals surface area contributed by atoms with Crippen molar-refractivity contribution in [3.63, 3.8) is 0 Å². The quantitative estimate of drug-likeness (QED) is 0.569. The maximum absolute atomic E-state index is 8.49. The van der Waals surface area contributed by atoms with E-state index in [2.05, 4.69) is 13.8 Å². The van der Waals surface area contributed by atoms with E-state index < -0.39 is 0 Å². The monoisotopic (exact) mass is 101 g/mol. The second-order valence-corrected chi connectivity index (χ2v) is 1.62. The van der Waals surface area contributed by atoms with E-state index in [1.165, 1.54) is 5.92 Å². The van der Waals surface area contributed by atoms with Crippen molar-refractivity contribution in [3.05, 3.63) is 5.92 Å². The van der Waals surface area contributed by atoms with Crippen molar-refractivity contribution in [2.75, 3.05) is 6.61 Å². The van der Waals surface area contributed by atoms with E-state index in [1.54, 1.807) is 0 Å². The molecule has 0 aliphatic rings. The minimum atomic E-state index is 0.271. The highest BCUT2D eigenvalue weighted by Crippen LogP contribution is 2.06. The lowest BCUT2D eigenvalue weighted by Crippen LogP contribution is -1.98. The van der Waals surface area contributed by atoms with Gasteiger partial charge in [0.15, 0.2) is 0 Å². The Kier molecular flexibility index (Phi) is 4.10. The van der Waals surface area contributed by atoms with Gasteiger partial charge in [0, 0.05) is 12.5 Å². The van der Waals surface area contributed by atoms with Crippen LogP contribution in [0, 0.1) is 5.92 Å². The maximum Gasteiger partial charge on any atom is 0.0493 e. The average Bonchev–Trinajstić information content (AvgIpc) is 1.72. The number of hydrogen-bond acceptors (Lipinski definition) is 1. The van der Waals surface area contributed by atoms with Crippen molar-refractivity contribution in [2.24, 2.45) is 0 Å². The van der Waals surface area contributed by atoms with E-state index in [9.17, 15) is 0 Å². The molecular formula is C6H13O. The molecule has 0 saturated carbocycles. The first kappa shape index (κ1) is 6.96. The summed E-state index contributed by atoms with van der Waals surface area (Å²) >= 11 is 0. The topological polar surface area (TPSA) is 20.2 Å². The highest BCUT2D eigenvalue weighted by molar-refractivity contribution is 4.84. The normalized spacial score (nSPS) is 10.3. The molecule has 0 bridgehead atoms. The molecule has 43 valence electrons. The highest BCUT2D eigenvalue weighted by atomic mass is 16.3. The lowest BCUT2D eigenvalue weighted by Gasteiger charge is -2.03. The van der Waals surface area contributed by atoms with Crippen molar-refractivity contribution in [1.82, 2.24) is 0 Å². The SMILES string of the molecule is CC[C](CC)CO. The van der Waals surface area contributed by atoms with Gasteiger partial charge in [0.25, 0.3) is 0 Å². The smallest absolute Gasteiger partial charge is 0.0493 e. The molecule has 0 aromatic rings. The predicted octanol–water partition coefficient (Wildman–Crippen LogP) is 1.37. The number of aliphatic hydroxyl groups excluding tert-OH is 1. The molecule has 0 saturated heterocycles. The molecule has 0 aliphatic carbocycles. The van der Waals surface area contributed by atoms with Crippen LogP contribution >= 0.6 is 0 Å². The van der Waals surface area contributed by atoms with E-state index >= 15 is 0 Å². The van der Waals surface area contributed by atoms with Crippen molar-refractivity contribution in [2.45, 2.75) is 26.7 Å². The summed E-state index contributed by atoms with van der Waals surface area (Å²) < 4.78 is 0. The third-order valence-electron chi connectivity index (χ3n) is 1.22. The third kappa shape index (κ3) is 2.63. The summed E-state index contributed by atoms with van der Waals surface area (Å²) in [6.07, 6.45) is 2.04. The summed E-state index contributed by atoms with van der Waals surface area (Å²) in [4.78, 5) is 0. The molecule has 0 aromatic carbocycles.